The highest BCUT2D eigenvalue weighted by Gasteiger charge is 2.46. The smallest absolute Gasteiger partial charge is 0.429 e. The average molecular weight is 592 g/mol. The highest BCUT2D eigenvalue weighted by atomic mass is 19.4. The molecule has 2 fully saturated rings. The van der Waals surface area contributed by atoms with Gasteiger partial charge in [0.25, 0.3) is 0 Å². The summed E-state index contributed by atoms with van der Waals surface area (Å²) < 4.78 is 50.4. The van der Waals surface area contributed by atoms with Crippen molar-refractivity contribution in [2.75, 3.05) is 36.9 Å². The second kappa shape index (κ2) is 11.4. The van der Waals surface area contributed by atoms with E-state index in [1.165, 1.54) is 35.1 Å². The fourth-order valence-corrected chi connectivity index (χ4v) is 5.61. The van der Waals surface area contributed by atoms with Crippen molar-refractivity contribution < 1.29 is 38.0 Å². The maximum Gasteiger partial charge on any atom is 0.429 e. The van der Waals surface area contributed by atoms with Crippen molar-refractivity contribution in [3.05, 3.63) is 53.3 Å². The summed E-state index contributed by atoms with van der Waals surface area (Å²) >= 11 is 0. The number of piperidine rings is 1. The Hall–Kier alpha value is -3.95. The molecule has 226 valence electrons. The number of nitrogen functional groups attached to an aromatic ring is 1. The van der Waals surface area contributed by atoms with E-state index in [1.807, 2.05) is 4.90 Å². The number of hydrogen-bond donors (Lipinski definition) is 5. The monoisotopic (exact) mass is 591 g/mol. The minimum absolute atomic E-state index is 0.00356. The Labute approximate surface area is 238 Å². The molecule has 42 heavy (non-hydrogen) atoms. The first-order valence-electron chi connectivity index (χ1n) is 13.4. The summed E-state index contributed by atoms with van der Waals surface area (Å²) in [7, 11) is 0. The molecule has 1 aromatic carbocycles. The molecule has 2 aromatic heterocycles. The number of carbonyl (C=O) groups is 1. The fraction of sp³-hybridized carbons (Fsp3) is 0.481. The predicted octanol–water partition coefficient (Wildman–Crippen LogP) is 2.29. The third-order valence-electron chi connectivity index (χ3n) is 7.91. The summed E-state index contributed by atoms with van der Waals surface area (Å²) in [5.74, 6) is -1.22. The lowest BCUT2D eigenvalue weighted by Crippen LogP contribution is -2.41. The third-order valence-corrected chi connectivity index (χ3v) is 7.91. The lowest BCUT2D eigenvalue weighted by Gasteiger charge is -2.39. The fourth-order valence-electron chi connectivity index (χ4n) is 5.61. The molecule has 3 aromatic rings. The number of ether oxygens (including phenoxy) is 1. The minimum Gasteiger partial charge on any atom is -0.480 e. The molecule has 0 aliphatic carbocycles. The van der Waals surface area contributed by atoms with Gasteiger partial charge in [-0.25, -0.2) is 4.68 Å². The van der Waals surface area contributed by atoms with E-state index in [-0.39, 0.29) is 34.1 Å². The van der Waals surface area contributed by atoms with E-state index in [0.29, 0.717) is 50.4 Å². The SMILES string of the molecule is Cc1ccn(-c2cc(C(O)CO)ccc2C(Oc2cc(N3CCC4(CC3)CN[C@H](C(=O)O)C4)nc(N)n2)C(F)(F)F)n1. The molecule has 4 heterocycles. The van der Waals surface area contributed by atoms with Crippen LogP contribution >= 0.6 is 0 Å². The van der Waals surface area contributed by atoms with Crippen molar-refractivity contribution in [1.82, 2.24) is 25.1 Å². The number of nitrogens with one attached hydrogen (secondary N) is 1. The molecule has 2 saturated heterocycles. The quantitative estimate of drug-likeness (QED) is 0.260. The van der Waals surface area contributed by atoms with Crippen LogP contribution in [0.15, 0.2) is 36.5 Å². The van der Waals surface area contributed by atoms with Gasteiger partial charge >= 0.3 is 12.1 Å². The van der Waals surface area contributed by atoms with Crippen LogP contribution in [-0.2, 0) is 4.79 Å². The van der Waals surface area contributed by atoms with Crippen LogP contribution in [0.3, 0.4) is 0 Å². The molecule has 0 radical (unpaired) electrons. The van der Waals surface area contributed by atoms with Gasteiger partial charge in [-0.3, -0.25) is 4.79 Å². The number of aliphatic hydroxyl groups is 2. The number of alkyl halides is 3. The lowest BCUT2D eigenvalue weighted by atomic mass is 9.76. The normalized spacial score (nSPS) is 20.0. The van der Waals surface area contributed by atoms with Crippen molar-refractivity contribution >= 4 is 17.7 Å². The maximum absolute atomic E-state index is 14.6. The number of aliphatic hydroxyl groups excluding tert-OH is 2. The van der Waals surface area contributed by atoms with Gasteiger partial charge in [-0.2, -0.15) is 28.2 Å². The van der Waals surface area contributed by atoms with Crippen LogP contribution < -0.4 is 20.7 Å². The number of nitrogens with zero attached hydrogens (tertiary/aromatic N) is 5. The summed E-state index contributed by atoms with van der Waals surface area (Å²) in [6, 6.07) is 6.11. The van der Waals surface area contributed by atoms with Crippen molar-refractivity contribution in [2.24, 2.45) is 5.41 Å². The van der Waals surface area contributed by atoms with Crippen LogP contribution in [0.4, 0.5) is 24.9 Å². The highest BCUT2D eigenvalue weighted by Crippen LogP contribution is 2.42. The molecule has 5 rings (SSSR count). The summed E-state index contributed by atoms with van der Waals surface area (Å²) in [6.07, 6.45) is -5.33. The van der Waals surface area contributed by atoms with Crippen LogP contribution in [0, 0.1) is 12.3 Å². The standard InChI is InChI=1S/C27H32F3N7O5/c1-15-4-7-37(35-15)19-10-16(20(39)13-38)2-3-17(19)23(27(28,29)30)42-22-11-21(33-25(31)34-22)36-8-5-26(6-9-36)12-18(24(40)41)32-14-26/h2-4,7,10-11,18,20,23,32,38-39H,5-6,8-9,12-14H2,1H3,(H,40,41)(H2,31,33,34)/t18-,20?,23?/m0/s1. The molecule has 2 aliphatic heterocycles. The largest absolute Gasteiger partial charge is 0.480 e. The van der Waals surface area contributed by atoms with E-state index in [9.17, 15) is 33.3 Å². The van der Waals surface area contributed by atoms with Gasteiger partial charge < -0.3 is 36.0 Å². The van der Waals surface area contributed by atoms with Gasteiger partial charge in [-0.15, -0.1) is 0 Å². The number of rotatable bonds is 8. The molecule has 2 aliphatic rings. The Morgan fingerprint density at radius 3 is 2.57 bits per heavy atom. The second-order valence-electron chi connectivity index (χ2n) is 10.8. The zero-order valence-corrected chi connectivity index (χ0v) is 22.8. The molecular formula is C27H32F3N7O5. The van der Waals surface area contributed by atoms with Gasteiger partial charge in [0.15, 0.2) is 0 Å². The topological polar surface area (TPSA) is 172 Å². The first-order chi connectivity index (χ1) is 19.9. The van der Waals surface area contributed by atoms with Crippen LogP contribution in [0.2, 0.25) is 0 Å². The highest BCUT2D eigenvalue weighted by molar-refractivity contribution is 5.74. The first-order valence-corrected chi connectivity index (χ1v) is 13.4. The molecule has 12 nitrogen and oxygen atoms in total. The summed E-state index contributed by atoms with van der Waals surface area (Å²) in [5, 5.41) is 36.1. The Balaban J connectivity index is 1.43. The molecule has 1 spiro atoms. The Bertz CT molecular complexity index is 1440. The zero-order chi connectivity index (χ0) is 30.2. The van der Waals surface area contributed by atoms with Crippen molar-refractivity contribution in [3.8, 4) is 11.6 Å². The number of nitrogens with two attached hydrogens (primary N) is 1. The van der Waals surface area contributed by atoms with Crippen LogP contribution in [0.5, 0.6) is 5.88 Å². The number of aryl methyl sites for hydroxylation is 1. The van der Waals surface area contributed by atoms with Crippen LogP contribution in [-0.4, -0.2) is 79.5 Å². The molecular weight excluding hydrogens is 559 g/mol. The molecule has 0 saturated carbocycles. The maximum atomic E-state index is 14.6. The number of aromatic nitrogens is 4. The number of carboxylic acid groups (broad SMARTS) is 1. The molecule has 0 amide bonds. The lowest BCUT2D eigenvalue weighted by molar-refractivity contribution is -0.198. The minimum atomic E-state index is -4.89. The zero-order valence-electron chi connectivity index (χ0n) is 22.8. The van der Waals surface area contributed by atoms with E-state index < -0.39 is 37.0 Å². The van der Waals surface area contributed by atoms with E-state index >= 15 is 0 Å². The van der Waals surface area contributed by atoms with Crippen molar-refractivity contribution in [3.63, 3.8) is 0 Å². The van der Waals surface area contributed by atoms with Gasteiger partial charge in [-0.1, -0.05) is 12.1 Å². The van der Waals surface area contributed by atoms with E-state index in [2.05, 4.69) is 20.4 Å². The molecule has 15 heteroatoms. The number of aliphatic carboxylic acids is 1. The Kier molecular flexibility index (Phi) is 8.00. The molecule has 0 bridgehead atoms. The third kappa shape index (κ3) is 6.12. The average Bonchev–Trinajstić information content (AvgIpc) is 3.57. The summed E-state index contributed by atoms with van der Waals surface area (Å²) in [4.78, 5) is 21.4. The van der Waals surface area contributed by atoms with Gasteiger partial charge in [0.2, 0.25) is 17.9 Å². The number of hydrogen-bond acceptors (Lipinski definition) is 10. The number of benzene rings is 1. The van der Waals surface area contributed by atoms with Gasteiger partial charge in [-0.05, 0) is 49.3 Å². The molecule has 6 N–H and O–H groups in total. The Morgan fingerprint density at radius 2 is 1.98 bits per heavy atom. The first kappa shape index (κ1) is 29.5. The number of anilines is 2. The van der Waals surface area contributed by atoms with Gasteiger partial charge in [0, 0.05) is 37.5 Å². The molecule has 3 atom stereocenters. The van der Waals surface area contributed by atoms with E-state index in [1.54, 1.807) is 13.0 Å². The van der Waals surface area contributed by atoms with Crippen LogP contribution in [0.1, 0.15) is 48.3 Å². The number of halogens is 3. The van der Waals surface area contributed by atoms with Gasteiger partial charge in [0.1, 0.15) is 18.0 Å². The van der Waals surface area contributed by atoms with E-state index in [0.717, 1.165) is 0 Å². The molecule has 2 unspecified atom stereocenters. The van der Waals surface area contributed by atoms with E-state index in [4.69, 9.17) is 10.5 Å². The van der Waals surface area contributed by atoms with Gasteiger partial charge in [0.05, 0.1) is 18.0 Å². The van der Waals surface area contributed by atoms with Crippen LogP contribution in [0.25, 0.3) is 5.69 Å². The van der Waals surface area contributed by atoms with Crippen molar-refractivity contribution in [1.29, 1.82) is 0 Å². The Morgan fingerprint density at radius 1 is 1.24 bits per heavy atom. The summed E-state index contributed by atoms with van der Waals surface area (Å²) in [6.45, 7) is 2.65. The summed E-state index contributed by atoms with van der Waals surface area (Å²) in [5.41, 5.74) is 6.20. The van der Waals surface area contributed by atoms with Crippen molar-refractivity contribution in [2.45, 2.75) is 50.6 Å². The predicted molar refractivity (Wildman–Crippen MR) is 144 cm³/mol. The second-order valence-corrected chi connectivity index (χ2v) is 10.8. The number of carboxylic acids is 1.